The first-order valence-electron chi connectivity index (χ1n) is 2.93. The van der Waals surface area contributed by atoms with Crippen molar-refractivity contribution in [2.75, 3.05) is 13.2 Å². The van der Waals surface area contributed by atoms with Crippen LogP contribution >= 0.6 is 0 Å². The zero-order valence-electron chi connectivity index (χ0n) is 7.22. The van der Waals surface area contributed by atoms with Gasteiger partial charge in [0.1, 0.15) is 12.9 Å². The molecule has 50 valence electrons. The van der Waals surface area contributed by atoms with E-state index >= 15 is 0 Å². The molecule has 0 amide bonds. The van der Waals surface area contributed by atoms with E-state index in [0.717, 1.165) is 25.7 Å². The monoisotopic (exact) mass is 156 g/mol. The van der Waals surface area contributed by atoms with E-state index < -0.39 is 0 Å². The van der Waals surface area contributed by atoms with Gasteiger partial charge in [0.15, 0.2) is 0 Å². The number of carbonyl (C=O) groups excluding carboxylic acids is 1. The van der Waals surface area contributed by atoms with Crippen LogP contribution in [0.15, 0.2) is 0 Å². The first-order valence-corrected chi connectivity index (χ1v) is 2.93. The van der Waals surface area contributed by atoms with Crippen LogP contribution in [0.4, 0.5) is 0 Å². The van der Waals surface area contributed by atoms with Gasteiger partial charge in [-0.3, -0.25) is 0 Å². The molecule has 0 rings (SSSR count). The van der Waals surface area contributed by atoms with Crippen LogP contribution in [-0.4, -0.2) is 19.5 Å². The van der Waals surface area contributed by atoms with Gasteiger partial charge in [-0.05, 0) is 6.42 Å². The predicted octanol–water partition coefficient (Wildman–Crippen LogP) is -1.88. The molecule has 0 aromatic carbocycles. The Bertz CT molecular complexity index is 61.7. The fourth-order valence-electron chi connectivity index (χ4n) is 0.378. The van der Waals surface area contributed by atoms with Gasteiger partial charge < -0.3 is 11.0 Å². The van der Waals surface area contributed by atoms with Crippen molar-refractivity contribution >= 4 is 6.29 Å². The molecule has 9 heavy (non-hydrogen) atoms. The second kappa shape index (κ2) is 12.0. The van der Waals surface area contributed by atoms with Crippen LogP contribution in [0.5, 0.6) is 0 Å². The molecule has 0 saturated heterocycles. The molecule has 0 fully saturated rings. The second-order valence-corrected chi connectivity index (χ2v) is 1.60. The van der Waals surface area contributed by atoms with Gasteiger partial charge in [-0.25, -0.2) is 0 Å². The summed E-state index contributed by atoms with van der Waals surface area (Å²) in [7, 11) is 0. The van der Waals surface area contributed by atoms with Crippen molar-refractivity contribution < 1.29 is 62.3 Å². The average Bonchev–Trinajstić information content (AvgIpc) is 1.81. The topological polar surface area (TPSA) is 26.3 Å². The van der Waals surface area contributed by atoms with E-state index in [1.807, 2.05) is 0 Å². The third-order valence-electron chi connectivity index (χ3n) is 0.828. The molecule has 0 aromatic rings. The zero-order chi connectivity index (χ0) is 6.24. The van der Waals surface area contributed by atoms with Crippen LogP contribution in [-0.2, 0) is 9.53 Å². The normalized spacial score (nSPS) is 8.11. The third kappa shape index (κ3) is 12.5. The average molecular weight is 156 g/mol. The van der Waals surface area contributed by atoms with Gasteiger partial charge in [0, 0.05) is 6.61 Å². The van der Waals surface area contributed by atoms with Crippen molar-refractivity contribution in [1.29, 1.82) is 0 Å². The van der Waals surface area contributed by atoms with Crippen LogP contribution in [0.2, 0.25) is 0 Å². The Labute approximate surface area is 100 Å². The van der Waals surface area contributed by atoms with Crippen LogP contribution in [0.1, 0.15) is 21.2 Å². The Morgan fingerprint density at radius 3 is 2.78 bits per heavy atom. The Kier molecular flexibility index (Phi) is 17.2. The van der Waals surface area contributed by atoms with Gasteiger partial charge in [-0.15, -0.1) is 0 Å². The van der Waals surface area contributed by atoms with Crippen molar-refractivity contribution in [3.63, 3.8) is 0 Å². The van der Waals surface area contributed by atoms with Crippen molar-refractivity contribution in [1.82, 2.24) is 0 Å². The maximum Gasteiger partial charge on any atom is 1.00 e. The molecule has 0 spiro atoms. The van der Waals surface area contributed by atoms with Gasteiger partial charge >= 0.3 is 51.4 Å². The van der Waals surface area contributed by atoms with Crippen LogP contribution in [0, 0.1) is 0 Å². The molecule has 0 unspecified atom stereocenters. The Hall–Kier alpha value is 1.27. The Morgan fingerprint density at radius 1 is 1.67 bits per heavy atom. The molecule has 0 aliphatic heterocycles. The van der Waals surface area contributed by atoms with Crippen LogP contribution < -0.4 is 51.4 Å². The zero-order valence-corrected chi connectivity index (χ0v) is 9.35. The summed E-state index contributed by atoms with van der Waals surface area (Å²) < 4.78 is 4.86. The standard InChI is InChI=1S/C6H12O2.K.H/c1-2-3-5-8-6-4-7;;/h4H,2-3,5-6H2,1H3;;/q;+1;-1. The number of ether oxygens (including phenoxy) is 1. The number of carbonyl (C=O) groups is 1. The number of unbranched alkanes of at least 4 members (excludes halogenated alkanes) is 1. The van der Waals surface area contributed by atoms with E-state index in [1.54, 1.807) is 0 Å². The molecule has 0 atom stereocenters. The smallest absolute Gasteiger partial charge is 1.00 e. The molecule has 0 bridgehead atoms. The molecule has 0 aromatic heterocycles. The Balaban J connectivity index is -0.000000245. The summed E-state index contributed by atoms with van der Waals surface area (Å²) in [6.45, 7) is 3.06. The largest absolute Gasteiger partial charge is 1.00 e. The maximum atomic E-state index is 9.64. The molecule has 3 heteroatoms. The van der Waals surface area contributed by atoms with E-state index in [0.29, 0.717) is 0 Å². The Morgan fingerprint density at radius 2 is 2.33 bits per heavy atom. The van der Waals surface area contributed by atoms with E-state index in [-0.39, 0.29) is 59.4 Å². The molecular weight excluding hydrogens is 143 g/mol. The van der Waals surface area contributed by atoms with Gasteiger partial charge in [0.25, 0.3) is 0 Å². The minimum absolute atomic E-state index is 0. The van der Waals surface area contributed by atoms with Crippen molar-refractivity contribution in [2.45, 2.75) is 19.8 Å². The van der Waals surface area contributed by atoms with Gasteiger partial charge in [-0.2, -0.15) is 0 Å². The summed E-state index contributed by atoms with van der Waals surface area (Å²) in [5.41, 5.74) is 0. The third-order valence-corrected chi connectivity index (χ3v) is 0.828. The molecular formula is C6H13KO2. The van der Waals surface area contributed by atoms with Gasteiger partial charge in [0.2, 0.25) is 0 Å². The number of hydrogen-bond acceptors (Lipinski definition) is 2. The fraction of sp³-hybridized carbons (Fsp3) is 0.833. The minimum atomic E-state index is 0. The quantitative estimate of drug-likeness (QED) is 0.264. The summed E-state index contributed by atoms with van der Waals surface area (Å²) in [4.78, 5) is 9.64. The number of aldehydes is 1. The second-order valence-electron chi connectivity index (χ2n) is 1.60. The summed E-state index contributed by atoms with van der Waals surface area (Å²) in [6.07, 6.45) is 2.95. The van der Waals surface area contributed by atoms with Crippen molar-refractivity contribution in [3.8, 4) is 0 Å². The summed E-state index contributed by atoms with van der Waals surface area (Å²) in [5.74, 6) is 0. The molecule has 0 N–H and O–H groups in total. The molecule has 0 heterocycles. The van der Waals surface area contributed by atoms with Crippen molar-refractivity contribution in [2.24, 2.45) is 0 Å². The SMILES string of the molecule is CCCCOCC=O.[H-].[K+]. The fourth-order valence-corrected chi connectivity index (χ4v) is 0.378. The van der Waals surface area contributed by atoms with E-state index in [2.05, 4.69) is 6.92 Å². The first-order chi connectivity index (χ1) is 3.91. The summed E-state index contributed by atoms with van der Waals surface area (Å²) in [6, 6.07) is 0. The summed E-state index contributed by atoms with van der Waals surface area (Å²) >= 11 is 0. The first kappa shape index (κ1) is 12.9. The molecule has 0 aliphatic rings. The maximum absolute atomic E-state index is 9.64. The molecule has 0 saturated carbocycles. The predicted molar refractivity (Wildman–Crippen MR) is 32.9 cm³/mol. The number of rotatable bonds is 5. The van der Waals surface area contributed by atoms with Crippen molar-refractivity contribution in [3.05, 3.63) is 0 Å². The van der Waals surface area contributed by atoms with Crippen LogP contribution in [0.25, 0.3) is 0 Å². The van der Waals surface area contributed by atoms with E-state index in [4.69, 9.17) is 4.74 Å². The van der Waals surface area contributed by atoms with E-state index in [1.165, 1.54) is 0 Å². The molecule has 0 radical (unpaired) electrons. The van der Waals surface area contributed by atoms with Gasteiger partial charge in [-0.1, -0.05) is 13.3 Å². The number of hydrogen-bond donors (Lipinski definition) is 0. The molecule has 2 nitrogen and oxygen atoms in total. The van der Waals surface area contributed by atoms with Gasteiger partial charge in [0.05, 0.1) is 0 Å². The van der Waals surface area contributed by atoms with E-state index in [9.17, 15) is 4.79 Å². The minimum Gasteiger partial charge on any atom is -1.00 e. The van der Waals surface area contributed by atoms with Crippen LogP contribution in [0.3, 0.4) is 0 Å². The summed E-state index contributed by atoms with van der Waals surface area (Å²) in [5, 5.41) is 0. The molecule has 0 aliphatic carbocycles.